The quantitative estimate of drug-likeness (QED) is 0.801. The molecule has 0 saturated heterocycles. The van der Waals surface area contributed by atoms with Crippen molar-refractivity contribution in [3.05, 3.63) is 54.1 Å². The van der Waals surface area contributed by atoms with E-state index in [9.17, 15) is 13.2 Å². The summed E-state index contributed by atoms with van der Waals surface area (Å²) in [5.41, 5.74) is 6.22. The minimum atomic E-state index is -3.58. The fourth-order valence-corrected chi connectivity index (χ4v) is 4.16. The van der Waals surface area contributed by atoms with Crippen LogP contribution >= 0.6 is 0 Å². The Morgan fingerprint density at radius 1 is 1.23 bits per heavy atom. The number of aryl methyl sites for hydroxylation is 1. The van der Waals surface area contributed by atoms with Crippen LogP contribution < -0.4 is 15.8 Å². The third-order valence-electron chi connectivity index (χ3n) is 4.51. The molecule has 3 N–H and O–H groups in total. The molecule has 1 heterocycles. The van der Waals surface area contributed by atoms with Gasteiger partial charge in [-0.15, -0.1) is 0 Å². The first-order valence-electron chi connectivity index (χ1n) is 8.50. The molecule has 0 aliphatic carbocycles. The monoisotopic (exact) mass is 374 g/mol. The maximum Gasteiger partial charge on any atom is 0.234 e. The molecule has 138 valence electrons. The van der Waals surface area contributed by atoms with Crippen LogP contribution in [0.5, 0.6) is 5.75 Å². The van der Waals surface area contributed by atoms with Gasteiger partial charge < -0.3 is 15.8 Å². The normalized spacial score (nSPS) is 17.8. The lowest BCUT2D eigenvalue weighted by molar-refractivity contribution is -0.119. The van der Waals surface area contributed by atoms with Crippen molar-refractivity contribution in [2.45, 2.75) is 41.7 Å². The van der Waals surface area contributed by atoms with E-state index in [1.807, 2.05) is 0 Å². The molecule has 1 aliphatic rings. The van der Waals surface area contributed by atoms with Gasteiger partial charge in [0.25, 0.3) is 0 Å². The van der Waals surface area contributed by atoms with Crippen molar-refractivity contribution in [1.29, 1.82) is 0 Å². The van der Waals surface area contributed by atoms with Gasteiger partial charge in [0.1, 0.15) is 11.9 Å². The Labute approximate surface area is 153 Å². The number of fused-ring (bicyclic) bond motifs is 1. The molecule has 7 heteroatoms. The molecule has 26 heavy (non-hydrogen) atoms. The highest BCUT2D eigenvalue weighted by Crippen LogP contribution is 2.32. The maximum atomic E-state index is 12.8. The van der Waals surface area contributed by atoms with Crippen LogP contribution in [-0.2, 0) is 21.1 Å². The van der Waals surface area contributed by atoms with Crippen molar-refractivity contribution in [2.24, 2.45) is 5.73 Å². The minimum absolute atomic E-state index is 0.140. The predicted molar refractivity (Wildman–Crippen MR) is 97.7 cm³/mol. The number of carbonyl (C=O) groups excluding carboxylic acids is 1. The van der Waals surface area contributed by atoms with Crippen LogP contribution in [0.1, 0.15) is 18.9 Å². The molecule has 3 rings (SSSR count). The number of hydrogen-bond donors (Lipinski definition) is 2. The lowest BCUT2D eigenvalue weighted by Gasteiger charge is -2.27. The molecule has 0 spiro atoms. The van der Waals surface area contributed by atoms with Gasteiger partial charge in [-0.25, -0.2) is 8.42 Å². The number of amides is 1. The number of hydrogen-bond acceptors (Lipinski definition) is 5. The zero-order valence-electron chi connectivity index (χ0n) is 14.5. The molecule has 2 atom stereocenters. The van der Waals surface area contributed by atoms with E-state index in [0.29, 0.717) is 12.3 Å². The van der Waals surface area contributed by atoms with Gasteiger partial charge >= 0.3 is 0 Å². The fourth-order valence-electron chi connectivity index (χ4n) is 2.86. The number of benzene rings is 2. The zero-order valence-corrected chi connectivity index (χ0v) is 15.3. The SMILES string of the molecule is C[C@@H](NCC1CCc2ccc(S(=O)(=O)c3ccccc3)cc2O1)C(N)=O. The van der Waals surface area contributed by atoms with Gasteiger partial charge in [0, 0.05) is 6.54 Å². The highest BCUT2D eigenvalue weighted by Gasteiger charge is 2.24. The number of nitrogens with two attached hydrogens (primary N) is 1. The predicted octanol–water partition coefficient (Wildman–Crippen LogP) is 1.68. The number of rotatable bonds is 6. The van der Waals surface area contributed by atoms with Gasteiger partial charge in [-0.05, 0) is 49.6 Å². The average molecular weight is 374 g/mol. The van der Waals surface area contributed by atoms with E-state index < -0.39 is 21.8 Å². The molecule has 0 fully saturated rings. The summed E-state index contributed by atoms with van der Waals surface area (Å²) in [5, 5.41) is 3.04. The van der Waals surface area contributed by atoms with Crippen molar-refractivity contribution >= 4 is 15.7 Å². The topological polar surface area (TPSA) is 98.5 Å². The second-order valence-electron chi connectivity index (χ2n) is 6.40. The van der Waals surface area contributed by atoms with Crippen molar-refractivity contribution < 1.29 is 17.9 Å². The van der Waals surface area contributed by atoms with E-state index in [1.54, 1.807) is 55.5 Å². The third-order valence-corrected chi connectivity index (χ3v) is 6.28. The maximum absolute atomic E-state index is 12.8. The lowest BCUT2D eigenvalue weighted by atomic mass is 10.0. The molecule has 0 radical (unpaired) electrons. The molecular weight excluding hydrogens is 352 g/mol. The smallest absolute Gasteiger partial charge is 0.234 e. The number of sulfone groups is 1. The number of ether oxygens (including phenoxy) is 1. The summed E-state index contributed by atoms with van der Waals surface area (Å²) in [6, 6.07) is 12.9. The fraction of sp³-hybridized carbons (Fsp3) is 0.316. The zero-order chi connectivity index (χ0) is 18.7. The molecule has 2 aromatic rings. The van der Waals surface area contributed by atoms with Crippen LogP contribution in [-0.4, -0.2) is 33.0 Å². The van der Waals surface area contributed by atoms with Crippen molar-refractivity contribution in [3.8, 4) is 5.75 Å². The van der Waals surface area contributed by atoms with Crippen LogP contribution in [0.15, 0.2) is 58.3 Å². The van der Waals surface area contributed by atoms with Gasteiger partial charge in [0.15, 0.2) is 0 Å². The molecule has 1 aliphatic heterocycles. The van der Waals surface area contributed by atoms with Crippen molar-refractivity contribution in [1.82, 2.24) is 5.32 Å². The second kappa shape index (κ2) is 7.47. The summed E-state index contributed by atoms with van der Waals surface area (Å²) < 4.78 is 31.5. The van der Waals surface area contributed by atoms with E-state index in [0.717, 1.165) is 18.4 Å². The molecule has 0 bridgehead atoms. The molecule has 1 amide bonds. The Bertz CT molecular complexity index is 897. The molecule has 1 unspecified atom stereocenters. The van der Waals surface area contributed by atoms with Gasteiger partial charge in [-0.2, -0.15) is 0 Å². The Hall–Kier alpha value is -2.38. The number of carbonyl (C=O) groups is 1. The van der Waals surface area contributed by atoms with Crippen LogP contribution in [0, 0.1) is 0 Å². The standard InChI is InChI=1S/C19H22N2O4S/c1-13(19(20)22)21-12-15-9-7-14-8-10-17(11-18(14)25-15)26(23,24)16-5-3-2-4-6-16/h2-6,8,10-11,13,15,21H,7,9,12H2,1H3,(H2,20,22)/t13-,15?/m1/s1. The van der Waals surface area contributed by atoms with E-state index >= 15 is 0 Å². The first kappa shape index (κ1) is 18.4. The number of nitrogens with one attached hydrogen (secondary N) is 1. The van der Waals surface area contributed by atoms with Gasteiger partial charge in [-0.1, -0.05) is 24.3 Å². The molecule has 0 aromatic heterocycles. The van der Waals surface area contributed by atoms with Crippen LogP contribution in [0.4, 0.5) is 0 Å². The van der Waals surface area contributed by atoms with E-state index in [-0.39, 0.29) is 15.9 Å². The summed E-state index contributed by atoms with van der Waals surface area (Å²) >= 11 is 0. The van der Waals surface area contributed by atoms with Crippen LogP contribution in [0.3, 0.4) is 0 Å². The molecular formula is C19H22N2O4S. The molecule has 6 nitrogen and oxygen atoms in total. The Kier molecular flexibility index (Phi) is 5.29. The average Bonchev–Trinajstić information content (AvgIpc) is 2.66. The first-order valence-corrected chi connectivity index (χ1v) is 9.98. The second-order valence-corrected chi connectivity index (χ2v) is 8.35. The van der Waals surface area contributed by atoms with Crippen LogP contribution in [0.25, 0.3) is 0 Å². The van der Waals surface area contributed by atoms with Gasteiger partial charge in [0.05, 0.1) is 15.8 Å². The third kappa shape index (κ3) is 3.89. The summed E-state index contributed by atoms with van der Waals surface area (Å²) in [7, 11) is -3.58. The Morgan fingerprint density at radius 2 is 1.96 bits per heavy atom. The minimum Gasteiger partial charge on any atom is -0.489 e. The highest BCUT2D eigenvalue weighted by molar-refractivity contribution is 7.91. The highest BCUT2D eigenvalue weighted by atomic mass is 32.2. The lowest BCUT2D eigenvalue weighted by Crippen LogP contribution is -2.44. The Balaban J connectivity index is 1.79. The van der Waals surface area contributed by atoms with Crippen LogP contribution in [0.2, 0.25) is 0 Å². The first-order chi connectivity index (χ1) is 12.4. The van der Waals surface area contributed by atoms with E-state index in [2.05, 4.69) is 5.32 Å². The summed E-state index contributed by atoms with van der Waals surface area (Å²) in [6.07, 6.45) is 1.44. The molecule has 0 saturated carbocycles. The summed E-state index contributed by atoms with van der Waals surface area (Å²) in [5.74, 6) is 0.157. The summed E-state index contributed by atoms with van der Waals surface area (Å²) in [6.45, 7) is 2.17. The summed E-state index contributed by atoms with van der Waals surface area (Å²) in [4.78, 5) is 11.6. The van der Waals surface area contributed by atoms with Gasteiger partial charge in [-0.3, -0.25) is 4.79 Å². The number of primary amides is 1. The Morgan fingerprint density at radius 3 is 2.65 bits per heavy atom. The largest absolute Gasteiger partial charge is 0.489 e. The molecule has 2 aromatic carbocycles. The van der Waals surface area contributed by atoms with Crippen molar-refractivity contribution in [2.75, 3.05) is 6.54 Å². The van der Waals surface area contributed by atoms with Gasteiger partial charge in [0.2, 0.25) is 15.7 Å². The van der Waals surface area contributed by atoms with E-state index in [4.69, 9.17) is 10.5 Å². The van der Waals surface area contributed by atoms with E-state index in [1.165, 1.54) is 0 Å². The van der Waals surface area contributed by atoms with Crippen molar-refractivity contribution in [3.63, 3.8) is 0 Å².